The third-order valence-electron chi connectivity index (χ3n) is 3.17. The van der Waals surface area contributed by atoms with Gasteiger partial charge in [-0.2, -0.15) is 0 Å². The lowest BCUT2D eigenvalue weighted by molar-refractivity contribution is -0.125. The molecule has 0 saturated carbocycles. The molecule has 1 aliphatic heterocycles. The summed E-state index contributed by atoms with van der Waals surface area (Å²) in [4.78, 5) is 13.7. The van der Waals surface area contributed by atoms with Crippen molar-refractivity contribution < 1.29 is 9.90 Å². The van der Waals surface area contributed by atoms with Gasteiger partial charge >= 0.3 is 0 Å². The number of aliphatic hydroxyl groups excluding tert-OH is 1. The number of hydrogen-bond donors (Lipinski definition) is 1. The number of likely N-dealkylation sites (tertiary alicyclic amines) is 1. The molecule has 1 fully saturated rings. The average molecular weight is 266 g/mol. The van der Waals surface area contributed by atoms with E-state index >= 15 is 0 Å². The second kappa shape index (κ2) is 6.03. The topological polar surface area (TPSA) is 40.5 Å². The van der Waals surface area contributed by atoms with E-state index in [1.807, 2.05) is 18.2 Å². The van der Waals surface area contributed by atoms with Crippen LogP contribution in [0, 0.1) is 5.92 Å². The summed E-state index contributed by atoms with van der Waals surface area (Å²) in [5.74, 6) is 0.202. The Kier molecular flexibility index (Phi) is 4.39. The van der Waals surface area contributed by atoms with E-state index in [4.69, 9.17) is 16.7 Å². The molecule has 1 amide bonds. The molecule has 1 unspecified atom stereocenters. The van der Waals surface area contributed by atoms with E-state index in [1.165, 1.54) is 0 Å². The molecule has 1 aliphatic rings. The molecule has 1 N–H and O–H groups in total. The fourth-order valence-corrected chi connectivity index (χ4v) is 2.26. The smallest absolute Gasteiger partial charge is 0.246 e. The zero-order chi connectivity index (χ0) is 13.0. The summed E-state index contributed by atoms with van der Waals surface area (Å²) < 4.78 is 0. The summed E-state index contributed by atoms with van der Waals surface area (Å²) in [7, 11) is 0. The Hall–Kier alpha value is -1.32. The number of carbonyl (C=O) groups excluding carboxylic acids is 1. The highest BCUT2D eigenvalue weighted by Crippen LogP contribution is 2.18. The highest BCUT2D eigenvalue weighted by molar-refractivity contribution is 6.32. The van der Waals surface area contributed by atoms with E-state index in [2.05, 4.69) is 0 Å². The zero-order valence-electron chi connectivity index (χ0n) is 10.1. The summed E-state index contributed by atoms with van der Waals surface area (Å²) in [5, 5.41) is 9.67. The third kappa shape index (κ3) is 3.12. The van der Waals surface area contributed by atoms with Crippen LogP contribution in [0.4, 0.5) is 0 Å². The van der Waals surface area contributed by atoms with E-state index in [9.17, 15) is 4.79 Å². The minimum Gasteiger partial charge on any atom is -0.396 e. The van der Waals surface area contributed by atoms with Crippen LogP contribution in [0.3, 0.4) is 0 Å². The molecule has 0 spiro atoms. The van der Waals surface area contributed by atoms with Crippen LogP contribution >= 0.6 is 11.6 Å². The first kappa shape index (κ1) is 13.1. The van der Waals surface area contributed by atoms with Crippen LogP contribution in [-0.4, -0.2) is 35.6 Å². The fourth-order valence-electron chi connectivity index (χ4n) is 2.06. The Bertz CT molecular complexity index is 459. The molecule has 3 nitrogen and oxygen atoms in total. The molecule has 96 valence electrons. The molecule has 0 aromatic heterocycles. The van der Waals surface area contributed by atoms with Crippen molar-refractivity contribution in [1.29, 1.82) is 0 Å². The van der Waals surface area contributed by atoms with Gasteiger partial charge in [0, 0.05) is 36.7 Å². The first-order chi connectivity index (χ1) is 8.70. The molecule has 4 heteroatoms. The number of amides is 1. The van der Waals surface area contributed by atoms with Gasteiger partial charge in [0.25, 0.3) is 0 Å². The van der Waals surface area contributed by atoms with E-state index in [-0.39, 0.29) is 18.4 Å². The third-order valence-corrected chi connectivity index (χ3v) is 3.51. The van der Waals surface area contributed by atoms with Gasteiger partial charge in [-0.25, -0.2) is 0 Å². The normalized spacial score (nSPS) is 19.7. The van der Waals surface area contributed by atoms with Crippen molar-refractivity contribution in [3.05, 3.63) is 40.9 Å². The van der Waals surface area contributed by atoms with Crippen LogP contribution in [0.25, 0.3) is 6.08 Å². The standard InChI is InChI=1S/C14H16ClNO2/c15-13-4-2-1-3-12(13)5-6-14(18)16-8-7-11(9-16)10-17/h1-6,11,17H,7-10H2. The maximum atomic E-state index is 11.9. The number of rotatable bonds is 3. The number of hydrogen-bond acceptors (Lipinski definition) is 2. The number of carbonyl (C=O) groups is 1. The average Bonchev–Trinajstić information content (AvgIpc) is 2.86. The quantitative estimate of drug-likeness (QED) is 0.851. The number of halogens is 1. The molecular weight excluding hydrogens is 250 g/mol. The van der Waals surface area contributed by atoms with Gasteiger partial charge in [-0.15, -0.1) is 0 Å². The highest BCUT2D eigenvalue weighted by atomic mass is 35.5. The van der Waals surface area contributed by atoms with Crippen LogP contribution in [-0.2, 0) is 4.79 Å². The van der Waals surface area contributed by atoms with Gasteiger partial charge in [0.2, 0.25) is 5.91 Å². The van der Waals surface area contributed by atoms with Crippen molar-refractivity contribution in [2.45, 2.75) is 6.42 Å². The summed E-state index contributed by atoms with van der Waals surface area (Å²) in [6.45, 7) is 1.51. The van der Waals surface area contributed by atoms with Gasteiger partial charge in [-0.1, -0.05) is 29.8 Å². The molecular formula is C14H16ClNO2. The highest BCUT2D eigenvalue weighted by Gasteiger charge is 2.24. The van der Waals surface area contributed by atoms with E-state index in [0.29, 0.717) is 11.6 Å². The molecule has 1 aromatic carbocycles. The molecule has 1 saturated heterocycles. The number of nitrogens with zero attached hydrogens (tertiary/aromatic N) is 1. The van der Waals surface area contributed by atoms with Crippen molar-refractivity contribution in [2.75, 3.05) is 19.7 Å². The van der Waals surface area contributed by atoms with Crippen LogP contribution < -0.4 is 0 Å². The molecule has 18 heavy (non-hydrogen) atoms. The van der Waals surface area contributed by atoms with Crippen molar-refractivity contribution in [1.82, 2.24) is 4.90 Å². The SMILES string of the molecule is O=C(C=Cc1ccccc1Cl)N1CCC(CO)C1. The minimum absolute atomic E-state index is 0.0223. The van der Waals surface area contributed by atoms with Crippen molar-refractivity contribution in [3.63, 3.8) is 0 Å². The Morgan fingerprint density at radius 3 is 2.94 bits per heavy atom. The Morgan fingerprint density at radius 2 is 2.28 bits per heavy atom. The maximum absolute atomic E-state index is 11.9. The Morgan fingerprint density at radius 1 is 1.50 bits per heavy atom. The summed E-state index contributed by atoms with van der Waals surface area (Å²) >= 11 is 6.00. The zero-order valence-corrected chi connectivity index (χ0v) is 10.8. The van der Waals surface area contributed by atoms with Crippen LogP contribution in [0.2, 0.25) is 5.02 Å². The van der Waals surface area contributed by atoms with Gasteiger partial charge in [0.1, 0.15) is 0 Å². The van der Waals surface area contributed by atoms with Crippen LogP contribution in [0.5, 0.6) is 0 Å². The molecule has 2 rings (SSSR count). The molecule has 0 aliphatic carbocycles. The molecule has 1 heterocycles. The summed E-state index contributed by atoms with van der Waals surface area (Å²) in [6.07, 6.45) is 4.15. The molecule has 1 aromatic rings. The molecule has 0 radical (unpaired) electrons. The van der Waals surface area contributed by atoms with Crippen LogP contribution in [0.1, 0.15) is 12.0 Å². The second-order valence-electron chi connectivity index (χ2n) is 4.48. The molecule has 0 bridgehead atoms. The lowest BCUT2D eigenvalue weighted by Crippen LogP contribution is -2.27. The predicted molar refractivity (Wildman–Crippen MR) is 72.3 cm³/mol. The van der Waals surface area contributed by atoms with Gasteiger partial charge in [0.05, 0.1) is 0 Å². The van der Waals surface area contributed by atoms with E-state index < -0.39 is 0 Å². The van der Waals surface area contributed by atoms with Crippen LogP contribution in [0.15, 0.2) is 30.3 Å². The first-order valence-electron chi connectivity index (χ1n) is 6.03. The monoisotopic (exact) mass is 265 g/mol. The number of aliphatic hydroxyl groups is 1. The van der Waals surface area contributed by atoms with Gasteiger partial charge in [0.15, 0.2) is 0 Å². The summed E-state index contributed by atoms with van der Waals surface area (Å²) in [5.41, 5.74) is 0.838. The van der Waals surface area contributed by atoms with Crippen molar-refractivity contribution in [3.8, 4) is 0 Å². The van der Waals surface area contributed by atoms with E-state index in [0.717, 1.165) is 18.5 Å². The van der Waals surface area contributed by atoms with Gasteiger partial charge < -0.3 is 10.0 Å². The molecule has 1 atom stereocenters. The largest absolute Gasteiger partial charge is 0.396 e. The van der Waals surface area contributed by atoms with Crippen molar-refractivity contribution in [2.24, 2.45) is 5.92 Å². The Balaban J connectivity index is 1.98. The predicted octanol–water partition coefficient (Wildman–Crippen LogP) is 2.19. The fraction of sp³-hybridized carbons (Fsp3) is 0.357. The minimum atomic E-state index is -0.0223. The Labute approximate surface area is 112 Å². The van der Waals surface area contributed by atoms with Gasteiger partial charge in [-0.05, 0) is 24.1 Å². The van der Waals surface area contributed by atoms with E-state index in [1.54, 1.807) is 23.1 Å². The number of benzene rings is 1. The summed E-state index contributed by atoms with van der Waals surface area (Å²) in [6, 6.07) is 7.40. The van der Waals surface area contributed by atoms with Crippen molar-refractivity contribution >= 4 is 23.6 Å². The maximum Gasteiger partial charge on any atom is 0.246 e. The lowest BCUT2D eigenvalue weighted by atomic mass is 10.1. The lowest BCUT2D eigenvalue weighted by Gasteiger charge is -2.13. The van der Waals surface area contributed by atoms with Gasteiger partial charge in [-0.3, -0.25) is 4.79 Å². The second-order valence-corrected chi connectivity index (χ2v) is 4.88. The first-order valence-corrected chi connectivity index (χ1v) is 6.41.